The van der Waals surface area contributed by atoms with Crippen molar-refractivity contribution in [2.24, 2.45) is 5.92 Å². The molecule has 6 nitrogen and oxygen atoms in total. The van der Waals surface area contributed by atoms with Crippen LogP contribution >= 0.6 is 24.0 Å². The molecular weight excluding hydrogens is 495 g/mol. The lowest BCUT2D eigenvalue weighted by Crippen LogP contribution is -2.47. The number of rotatable bonds is 6. The fourth-order valence-electron chi connectivity index (χ4n) is 5.39. The standard InChI is InChI=1S/C28H33ClN4O2.ClH/c29-23-9-10-24-22(17-23)18-25(30-24)27(34)31-26(21-7-3-1-4-8-21)28(35)33-15-11-20(12-16-33)19-32-13-5-2-6-14-32;/h1,3-4,7-10,17-18,20,26,30H,2,5-6,11-16,19H2,(H,31,34);1H/t26-;/m1./s1. The highest BCUT2D eigenvalue weighted by molar-refractivity contribution is 6.31. The number of halogens is 2. The van der Waals surface area contributed by atoms with Gasteiger partial charge in [-0.3, -0.25) is 9.59 Å². The Hall–Kier alpha value is -2.54. The molecule has 8 heteroatoms. The largest absolute Gasteiger partial charge is 0.351 e. The number of carbonyl (C=O) groups is 2. The molecule has 0 bridgehead atoms. The van der Waals surface area contributed by atoms with Crippen LogP contribution in [0.4, 0.5) is 0 Å². The predicted octanol–water partition coefficient (Wildman–Crippen LogP) is 5.44. The van der Waals surface area contributed by atoms with Crippen LogP contribution in [0.25, 0.3) is 10.9 Å². The first kappa shape index (κ1) is 26.5. The highest BCUT2D eigenvalue weighted by atomic mass is 35.5. The van der Waals surface area contributed by atoms with Crippen molar-refractivity contribution in [3.05, 3.63) is 70.9 Å². The van der Waals surface area contributed by atoms with Gasteiger partial charge in [0.15, 0.2) is 0 Å². The third-order valence-corrected chi connectivity index (χ3v) is 7.61. The maximum Gasteiger partial charge on any atom is 0.268 e. The predicted molar refractivity (Wildman–Crippen MR) is 147 cm³/mol. The van der Waals surface area contributed by atoms with Gasteiger partial charge in [0.05, 0.1) is 0 Å². The number of likely N-dealkylation sites (tertiary alicyclic amines) is 2. The number of nitrogens with one attached hydrogen (secondary N) is 2. The van der Waals surface area contributed by atoms with E-state index in [1.807, 2.05) is 47.4 Å². The van der Waals surface area contributed by atoms with E-state index < -0.39 is 6.04 Å². The molecule has 36 heavy (non-hydrogen) atoms. The Morgan fingerprint density at radius 3 is 2.42 bits per heavy atom. The molecule has 2 saturated heterocycles. The Morgan fingerprint density at radius 2 is 1.69 bits per heavy atom. The highest BCUT2D eigenvalue weighted by Crippen LogP contribution is 2.25. The quantitative estimate of drug-likeness (QED) is 0.447. The summed E-state index contributed by atoms with van der Waals surface area (Å²) in [4.78, 5) is 34.5. The molecule has 1 aromatic heterocycles. The van der Waals surface area contributed by atoms with E-state index in [4.69, 9.17) is 11.6 Å². The summed E-state index contributed by atoms with van der Waals surface area (Å²) in [6, 6.07) is 16.0. The van der Waals surface area contributed by atoms with Crippen molar-refractivity contribution in [3.8, 4) is 0 Å². The van der Waals surface area contributed by atoms with Crippen LogP contribution in [0.15, 0.2) is 54.6 Å². The number of aromatic nitrogens is 1. The molecule has 0 saturated carbocycles. The van der Waals surface area contributed by atoms with E-state index in [-0.39, 0.29) is 24.2 Å². The summed E-state index contributed by atoms with van der Waals surface area (Å²) in [6.45, 7) is 5.04. The molecule has 2 N–H and O–H groups in total. The van der Waals surface area contributed by atoms with Crippen molar-refractivity contribution >= 4 is 46.7 Å². The smallest absolute Gasteiger partial charge is 0.268 e. The number of amides is 2. The molecule has 2 aliphatic heterocycles. The van der Waals surface area contributed by atoms with Gasteiger partial charge in [0.25, 0.3) is 5.91 Å². The van der Waals surface area contributed by atoms with E-state index >= 15 is 0 Å². The van der Waals surface area contributed by atoms with E-state index in [1.165, 1.54) is 32.4 Å². The molecule has 0 radical (unpaired) electrons. The minimum Gasteiger partial charge on any atom is -0.351 e. The van der Waals surface area contributed by atoms with Gasteiger partial charge in [0.2, 0.25) is 5.91 Å². The van der Waals surface area contributed by atoms with Gasteiger partial charge in [0.1, 0.15) is 11.7 Å². The maximum atomic E-state index is 13.7. The fraction of sp³-hybridized carbons (Fsp3) is 0.429. The Kier molecular flexibility index (Phi) is 8.94. The van der Waals surface area contributed by atoms with Crippen LogP contribution < -0.4 is 5.32 Å². The Morgan fingerprint density at radius 1 is 0.972 bits per heavy atom. The Balaban J connectivity index is 0.00000304. The third kappa shape index (κ3) is 6.23. The third-order valence-electron chi connectivity index (χ3n) is 7.37. The molecule has 3 heterocycles. The first-order chi connectivity index (χ1) is 17.1. The van der Waals surface area contributed by atoms with Crippen LogP contribution in [-0.4, -0.2) is 59.3 Å². The van der Waals surface area contributed by atoms with E-state index in [1.54, 1.807) is 12.1 Å². The van der Waals surface area contributed by atoms with Crippen LogP contribution in [0.2, 0.25) is 5.02 Å². The lowest BCUT2D eigenvalue weighted by Gasteiger charge is -2.37. The molecule has 5 rings (SSSR count). The maximum absolute atomic E-state index is 13.7. The summed E-state index contributed by atoms with van der Waals surface area (Å²) in [5.41, 5.74) is 2.04. The summed E-state index contributed by atoms with van der Waals surface area (Å²) >= 11 is 6.10. The second-order valence-electron chi connectivity index (χ2n) is 9.86. The van der Waals surface area contributed by atoms with Crippen LogP contribution in [-0.2, 0) is 4.79 Å². The molecule has 0 unspecified atom stereocenters. The normalized spacial score (nSPS) is 18.0. The second kappa shape index (κ2) is 12.1. The summed E-state index contributed by atoms with van der Waals surface area (Å²) < 4.78 is 0. The molecular formula is C28H34Cl2N4O2. The molecule has 2 aliphatic rings. The molecule has 1 atom stereocenters. The zero-order chi connectivity index (χ0) is 24.2. The summed E-state index contributed by atoms with van der Waals surface area (Å²) in [6.07, 6.45) is 5.99. The van der Waals surface area contributed by atoms with Crippen molar-refractivity contribution in [1.29, 1.82) is 0 Å². The molecule has 192 valence electrons. The van der Waals surface area contributed by atoms with Gasteiger partial charge in [-0.25, -0.2) is 0 Å². The van der Waals surface area contributed by atoms with Crippen LogP contribution in [0.3, 0.4) is 0 Å². The van der Waals surface area contributed by atoms with Crippen molar-refractivity contribution in [3.63, 3.8) is 0 Å². The minimum absolute atomic E-state index is 0. The average molecular weight is 530 g/mol. The van der Waals surface area contributed by atoms with Gasteiger partial charge in [-0.2, -0.15) is 0 Å². The molecule has 2 fully saturated rings. The number of H-pyrrole nitrogens is 1. The first-order valence-electron chi connectivity index (χ1n) is 12.7. The SMILES string of the molecule is Cl.O=C(N[C@@H](C(=O)N1CCC(CN2CCCCC2)CC1)c1ccccc1)c1cc2cc(Cl)ccc2[nH]1. The van der Waals surface area contributed by atoms with Crippen LogP contribution in [0, 0.1) is 5.92 Å². The van der Waals surface area contributed by atoms with E-state index in [2.05, 4.69) is 15.2 Å². The number of hydrogen-bond donors (Lipinski definition) is 2. The van der Waals surface area contributed by atoms with E-state index in [9.17, 15) is 9.59 Å². The van der Waals surface area contributed by atoms with Crippen molar-refractivity contribution in [2.45, 2.75) is 38.1 Å². The zero-order valence-electron chi connectivity index (χ0n) is 20.4. The van der Waals surface area contributed by atoms with Gasteiger partial charge in [-0.1, -0.05) is 48.4 Å². The van der Waals surface area contributed by atoms with Crippen molar-refractivity contribution in [2.75, 3.05) is 32.7 Å². The topological polar surface area (TPSA) is 68.4 Å². The number of fused-ring (bicyclic) bond motifs is 1. The number of piperidine rings is 2. The highest BCUT2D eigenvalue weighted by Gasteiger charge is 2.31. The van der Waals surface area contributed by atoms with Gasteiger partial charge in [-0.05, 0) is 74.5 Å². The second-order valence-corrected chi connectivity index (χ2v) is 10.3. The molecule has 0 spiro atoms. The van der Waals surface area contributed by atoms with Gasteiger partial charge in [-0.15, -0.1) is 12.4 Å². The van der Waals surface area contributed by atoms with Crippen LogP contribution in [0.5, 0.6) is 0 Å². The Labute approximate surface area is 223 Å². The van der Waals surface area contributed by atoms with Gasteiger partial charge in [0, 0.05) is 35.6 Å². The molecule has 3 aromatic rings. The number of hydrogen-bond acceptors (Lipinski definition) is 3. The number of aromatic amines is 1. The summed E-state index contributed by atoms with van der Waals surface area (Å²) in [5.74, 6) is 0.291. The molecule has 2 aromatic carbocycles. The first-order valence-corrected chi connectivity index (χ1v) is 13.1. The summed E-state index contributed by atoms with van der Waals surface area (Å²) in [7, 11) is 0. The van der Waals surface area contributed by atoms with Crippen molar-refractivity contribution in [1.82, 2.24) is 20.1 Å². The molecule has 0 aliphatic carbocycles. The minimum atomic E-state index is -0.725. The lowest BCUT2D eigenvalue weighted by atomic mass is 9.94. The number of nitrogens with zero attached hydrogens (tertiary/aromatic N) is 2. The van der Waals surface area contributed by atoms with E-state index in [0.717, 1.165) is 48.9 Å². The number of carbonyl (C=O) groups excluding carboxylic acids is 2. The van der Waals surface area contributed by atoms with Crippen molar-refractivity contribution < 1.29 is 9.59 Å². The average Bonchev–Trinajstić information content (AvgIpc) is 3.32. The molecule has 2 amide bonds. The number of benzene rings is 2. The summed E-state index contributed by atoms with van der Waals surface area (Å²) in [5, 5.41) is 4.47. The Bertz CT molecular complexity index is 1170. The van der Waals surface area contributed by atoms with E-state index in [0.29, 0.717) is 16.6 Å². The zero-order valence-corrected chi connectivity index (χ0v) is 22.0. The lowest BCUT2D eigenvalue weighted by molar-refractivity contribution is -0.135. The van der Waals surface area contributed by atoms with Crippen LogP contribution in [0.1, 0.15) is 54.2 Å². The monoisotopic (exact) mass is 528 g/mol. The van der Waals surface area contributed by atoms with Gasteiger partial charge < -0.3 is 20.1 Å². The fourth-order valence-corrected chi connectivity index (χ4v) is 5.57. The van der Waals surface area contributed by atoms with Gasteiger partial charge >= 0.3 is 0 Å².